The number of hydrogen-bond donors (Lipinski definition) is 2. The van der Waals surface area contributed by atoms with Crippen molar-refractivity contribution < 1.29 is 8.42 Å². The van der Waals surface area contributed by atoms with E-state index in [0.717, 1.165) is 25.7 Å². The lowest BCUT2D eigenvalue weighted by molar-refractivity contribution is 0.191. The average Bonchev–Trinajstić information content (AvgIpc) is 2.30. The van der Waals surface area contributed by atoms with Crippen LogP contribution in [0.2, 0.25) is 0 Å². The van der Waals surface area contributed by atoms with Crippen molar-refractivity contribution in [2.45, 2.75) is 50.3 Å². The zero-order valence-electron chi connectivity index (χ0n) is 10.4. The van der Waals surface area contributed by atoms with Gasteiger partial charge in [0.1, 0.15) is 0 Å². The SMILES string of the molecule is CC1CCCCC1(CN)NS(=O)(=O)C(C)C#N. The highest BCUT2D eigenvalue weighted by molar-refractivity contribution is 7.90. The molecule has 1 fully saturated rings. The number of rotatable bonds is 4. The van der Waals surface area contributed by atoms with Gasteiger partial charge in [-0.05, 0) is 25.7 Å². The molecule has 0 bridgehead atoms. The van der Waals surface area contributed by atoms with E-state index in [4.69, 9.17) is 11.0 Å². The second-order valence-electron chi connectivity index (χ2n) is 4.93. The fraction of sp³-hybridized carbons (Fsp3) is 0.909. The van der Waals surface area contributed by atoms with Gasteiger partial charge in [-0.2, -0.15) is 5.26 Å². The minimum absolute atomic E-state index is 0.210. The molecule has 1 rings (SSSR count). The number of sulfonamides is 1. The first-order valence-corrected chi connectivity index (χ1v) is 7.55. The summed E-state index contributed by atoms with van der Waals surface area (Å²) in [5.41, 5.74) is 5.20. The molecule has 98 valence electrons. The zero-order chi connectivity index (χ0) is 13.1. The smallest absolute Gasteiger partial charge is 0.228 e. The van der Waals surface area contributed by atoms with E-state index in [0.29, 0.717) is 0 Å². The highest BCUT2D eigenvalue weighted by atomic mass is 32.2. The Labute approximate surface area is 103 Å². The Balaban J connectivity index is 2.93. The van der Waals surface area contributed by atoms with Crippen molar-refractivity contribution in [3.63, 3.8) is 0 Å². The second-order valence-corrected chi connectivity index (χ2v) is 6.93. The average molecular weight is 259 g/mol. The fourth-order valence-electron chi connectivity index (χ4n) is 2.35. The molecule has 17 heavy (non-hydrogen) atoms. The van der Waals surface area contributed by atoms with Gasteiger partial charge in [0.05, 0.1) is 6.07 Å². The molecule has 0 aromatic heterocycles. The third-order valence-electron chi connectivity index (χ3n) is 3.81. The maximum atomic E-state index is 12.0. The summed E-state index contributed by atoms with van der Waals surface area (Å²) in [7, 11) is -3.60. The predicted molar refractivity (Wildman–Crippen MR) is 66.5 cm³/mol. The molecule has 3 N–H and O–H groups in total. The van der Waals surface area contributed by atoms with Crippen LogP contribution < -0.4 is 10.5 Å². The lowest BCUT2D eigenvalue weighted by atomic mass is 9.74. The van der Waals surface area contributed by atoms with Gasteiger partial charge in [0.2, 0.25) is 10.0 Å². The second kappa shape index (κ2) is 5.34. The monoisotopic (exact) mass is 259 g/mol. The van der Waals surface area contributed by atoms with Crippen molar-refractivity contribution in [1.29, 1.82) is 5.26 Å². The van der Waals surface area contributed by atoms with Gasteiger partial charge in [-0.15, -0.1) is 0 Å². The Bertz CT molecular complexity index is 401. The van der Waals surface area contributed by atoms with Crippen molar-refractivity contribution >= 4 is 10.0 Å². The number of hydrogen-bond acceptors (Lipinski definition) is 4. The molecule has 1 aliphatic carbocycles. The Hall–Kier alpha value is -0.640. The fourth-order valence-corrected chi connectivity index (χ4v) is 3.62. The van der Waals surface area contributed by atoms with Gasteiger partial charge in [-0.25, -0.2) is 13.1 Å². The normalized spacial score (nSPS) is 31.8. The summed E-state index contributed by atoms with van der Waals surface area (Å²) in [6, 6.07) is 1.76. The number of nitriles is 1. The molecule has 1 saturated carbocycles. The van der Waals surface area contributed by atoms with E-state index < -0.39 is 20.8 Å². The summed E-state index contributed by atoms with van der Waals surface area (Å²) in [6.07, 6.45) is 3.81. The largest absolute Gasteiger partial charge is 0.329 e. The van der Waals surface area contributed by atoms with Crippen LogP contribution in [0.4, 0.5) is 0 Å². The van der Waals surface area contributed by atoms with E-state index in [1.54, 1.807) is 6.07 Å². The summed E-state index contributed by atoms with van der Waals surface area (Å²) in [6.45, 7) is 3.69. The van der Waals surface area contributed by atoms with Crippen molar-refractivity contribution in [3.05, 3.63) is 0 Å². The van der Waals surface area contributed by atoms with Crippen LogP contribution in [0.15, 0.2) is 0 Å². The first-order valence-electron chi connectivity index (χ1n) is 6.00. The zero-order valence-corrected chi connectivity index (χ0v) is 11.3. The Kier molecular flexibility index (Phi) is 4.53. The molecule has 0 amide bonds. The summed E-state index contributed by atoms with van der Waals surface area (Å²) < 4.78 is 26.6. The number of nitrogens with one attached hydrogen (secondary N) is 1. The van der Waals surface area contributed by atoms with Gasteiger partial charge >= 0.3 is 0 Å². The van der Waals surface area contributed by atoms with Gasteiger partial charge in [0.15, 0.2) is 5.25 Å². The van der Waals surface area contributed by atoms with Gasteiger partial charge in [0.25, 0.3) is 0 Å². The topological polar surface area (TPSA) is 96.0 Å². The molecule has 3 unspecified atom stereocenters. The van der Waals surface area contributed by atoms with E-state index in [-0.39, 0.29) is 12.5 Å². The van der Waals surface area contributed by atoms with E-state index in [9.17, 15) is 8.42 Å². The molecule has 0 saturated heterocycles. The third-order valence-corrected chi connectivity index (χ3v) is 5.54. The van der Waals surface area contributed by atoms with E-state index in [2.05, 4.69) is 4.72 Å². The molecular formula is C11H21N3O2S. The van der Waals surface area contributed by atoms with Crippen molar-refractivity contribution in [1.82, 2.24) is 4.72 Å². The van der Waals surface area contributed by atoms with Gasteiger partial charge in [-0.1, -0.05) is 19.8 Å². The van der Waals surface area contributed by atoms with E-state index in [1.165, 1.54) is 6.92 Å². The van der Waals surface area contributed by atoms with Crippen LogP contribution in [0.3, 0.4) is 0 Å². The van der Waals surface area contributed by atoms with Gasteiger partial charge in [-0.3, -0.25) is 0 Å². The van der Waals surface area contributed by atoms with E-state index >= 15 is 0 Å². The van der Waals surface area contributed by atoms with Crippen LogP contribution in [0.25, 0.3) is 0 Å². The molecule has 6 heteroatoms. The maximum absolute atomic E-state index is 12.0. The van der Waals surface area contributed by atoms with Crippen LogP contribution in [-0.2, 0) is 10.0 Å². The lowest BCUT2D eigenvalue weighted by Crippen LogP contribution is -2.60. The molecule has 0 aliphatic heterocycles. The van der Waals surface area contributed by atoms with Crippen molar-refractivity contribution in [3.8, 4) is 6.07 Å². The first-order chi connectivity index (χ1) is 7.88. The number of nitrogens with two attached hydrogens (primary N) is 1. The number of nitrogens with zero attached hydrogens (tertiary/aromatic N) is 1. The van der Waals surface area contributed by atoms with Crippen LogP contribution in [0, 0.1) is 17.2 Å². The quantitative estimate of drug-likeness (QED) is 0.777. The molecule has 0 heterocycles. The molecule has 1 aliphatic rings. The molecular weight excluding hydrogens is 238 g/mol. The minimum atomic E-state index is -3.60. The molecule has 0 radical (unpaired) electrons. The van der Waals surface area contributed by atoms with Crippen LogP contribution in [-0.4, -0.2) is 25.8 Å². The van der Waals surface area contributed by atoms with Gasteiger partial charge in [0, 0.05) is 12.1 Å². The highest BCUT2D eigenvalue weighted by Gasteiger charge is 2.41. The lowest BCUT2D eigenvalue weighted by Gasteiger charge is -2.42. The Morgan fingerprint density at radius 3 is 2.71 bits per heavy atom. The summed E-state index contributed by atoms with van der Waals surface area (Å²) in [5.74, 6) is 0.210. The molecule has 5 nitrogen and oxygen atoms in total. The van der Waals surface area contributed by atoms with Crippen molar-refractivity contribution in [2.75, 3.05) is 6.54 Å². The molecule has 0 aromatic rings. The first kappa shape index (κ1) is 14.4. The molecule has 3 atom stereocenters. The standard InChI is InChI=1S/C11H21N3O2S/c1-9-5-3-4-6-11(9,8-13)14-17(15,16)10(2)7-12/h9-10,14H,3-6,8,13H2,1-2H3. The van der Waals surface area contributed by atoms with E-state index in [1.807, 2.05) is 6.92 Å². The van der Waals surface area contributed by atoms with Gasteiger partial charge < -0.3 is 5.73 Å². The van der Waals surface area contributed by atoms with Crippen LogP contribution in [0.5, 0.6) is 0 Å². The minimum Gasteiger partial charge on any atom is -0.329 e. The maximum Gasteiger partial charge on any atom is 0.228 e. The predicted octanol–water partition coefficient (Wildman–Crippen LogP) is 0.725. The van der Waals surface area contributed by atoms with Crippen molar-refractivity contribution in [2.24, 2.45) is 11.7 Å². The Morgan fingerprint density at radius 2 is 2.24 bits per heavy atom. The molecule has 0 spiro atoms. The van der Waals surface area contributed by atoms with Crippen LogP contribution >= 0.6 is 0 Å². The Morgan fingerprint density at radius 1 is 1.59 bits per heavy atom. The summed E-state index contributed by atoms with van der Waals surface area (Å²) in [5, 5.41) is 7.68. The third kappa shape index (κ3) is 2.97. The summed E-state index contributed by atoms with van der Waals surface area (Å²) in [4.78, 5) is 0. The molecule has 0 aromatic carbocycles. The summed E-state index contributed by atoms with van der Waals surface area (Å²) >= 11 is 0. The van der Waals surface area contributed by atoms with Crippen LogP contribution in [0.1, 0.15) is 39.5 Å². The highest BCUT2D eigenvalue weighted by Crippen LogP contribution is 2.33.